The Kier molecular flexibility index (Phi) is 5.19. The van der Waals surface area contributed by atoms with Crippen LogP contribution in [-0.2, 0) is 4.79 Å². The van der Waals surface area contributed by atoms with E-state index in [0.29, 0.717) is 35.1 Å². The van der Waals surface area contributed by atoms with Crippen molar-refractivity contribution in [2.75, 3.05) is 23.9 Å². The largest absolute Gasteiger partial charge is 0.495 e. The van der Waals surface area contributed by atoms with Crippen LogP contribution in [0.2, 0.25) is 5.02 Å². The SMILES string of the molecule is COc1ccc(NC(=O)c2cc(Cl)ccn2)cc1N1CCCCC1=O. The quantitative estimate of drug-likeness (QED) is 0.906. The van der Waals surface area contributed by atoms with Crippen LogP contribution in [0, 0.1) is 0 Å². The number of halogens is 1. The maximum atomic E-state index is 12.3. The number of carbonyl (C=O) groups excluding carboxylic acids is 2. The molecule has 1 aliphatic heterocycles. The molecule has 1 fully saturated rings. The fourth-order valence-electron chi connectivity index (χ4n) is 2.76. The number of ether oxygens (including phenoxy) is 1. The lowest BCUT2D eigenvalue weighted by atomic mass is 10.1. The third-order valence-electron chi connectivity index (χ3n) is 4.01. The molecule has 2 amide bonds. The van der Waals surface area contributed by atoms with Crippen LogP contribution in [0.5, 0.6) is 5.75 Å². The molecule has 2 aromatic rings. The van der Waals surface area contributed by atoms with Gasteiger partial charge in [-0.1, -0.05) is 11.6 Å². The minimum absolute atomic E-state index is 0.0598. The Hall–Kier alpha value is -2.60. The van der Waals surface area contributed by atoms with E-state index in [1.54, 1.807) is 36.3 Å². The summed E-state index contributed by atoms with van der Waals surface area (Å²) >= 11 is 5.89. The number of anilines is 2. The number of hydrogen-bond acceptors (Lipinski definition) is 4. The zero-order valence-corrected chi connectivity index (χ0v) is 14.5. The van der Waals surface area contributed by atoms with Gasteiger partial charge in [-0.25, -0.2) is 0 Å². The number of nitrogens with one attached hydrogen (secondary N) is 1. The molecule has 1 aromatic heterocycles. The molecule has 0 bridgehead atoms. The monoisotopic (exact) mass is 359 g/mol. The van der Waals surface area contributed by atoms with Crippen LogP contribution in [0.15, 0.2) is 36.5 Å². The molecule has 1 aliphatic rings. The van der Waals surface area contributed by atoms with Crippen molar-refractivity contribution in [3.63, 3.8) is 0 Å². The minimum atomic E-state index is -0.372. The van der Waals surface area contributed by atoms with Crippen molar-refractivity contribution in [1.29, 1.82) is 0 Å². The van der Waals surface area contributed by atoms with E-state index < -0.39 is 0 Å². The minimum Gasteiger partial charge on any atom is -0.495 e. The Morgan fingerprint density at radius 3 is 2.84 bits per heavy atom. The van der Waals surface area contributed by atoms with Gasteiger partial charge in [0.2, 0.25) is 5.91 Å². The first-order valence-electron chi connectivity index (χ1n) is 8.00. The van der Waals surface area contributed by atoms with Gasteiger partial charge in [0.15, 0.2) is 0 Å². The van der Waals surface area contributed by atoms with E-state index in [1.165, 1.54) is 12.3 Å². The number of hydrogen-bond donors (Lipinski definition) is 1. The lowest BCUT2D eigenvalue weighted by molar-refractivity contribution is -0.119. The van der Waals surface area contributed by atoms with Gasteiger partial charge in [0.25, 0.3) is 5.91 Å². The van der Waals surface area contributed by atoms with E-state index in [1.807, 2.05) is 0 Å². The molecule has 1 saturated heterocycles. The Labute approximate surface area is 150 Å². The standard InChI is InChI=1S/C18H18ClN3O3/c1-25-16-6-5-13(11-15(16)22-9-3-2-4-17(22)23)21-18(24)14-10-12(19)7-8-20-14/h5-8,10-11H,2-4,9H2,1H3,(H,21,24). The Morgan fingerprint density at radius 2 is 2.12 bits per heavy atom. The van der Waals surface area contributed by atoms with Gasteiger partial charge in [-0.2, -0.15) is 0 Å². The highest BCUT2D eigenvalue weighted by Crippen LogP contribution is 2.33. The highest BCUT2D eigenvalue weighted by atomic mass is 35.5. The third kappa shape index (κ3) is 3.91. The second-order valence-electron chi connectivity index (χ2n) is 5.70. The van der Waals surface area contributed by atoms with E-state index in [2.05, 4.69) is 10.3 Å². The topological polar surface area (TPSA) is 71.5 Å². The molecule has 1 aromatic carbocycles. The van der Waals surface area contributed by atoms with Crippen molar-refractivity contribution in [2.45, 2.75) is 19.3 Å². The van der Waals surface area contributed by atoms with Gasteiger partial charge in [0, 0.05) is 29.9 Å². The number of benzene rings is 1. The highest BCUT2D eigenvalue weighted by Gasteiger charge is 2.23. The average molecular weight is 360 g/mol. The molecule has 130 valence electrons. The predicted molar refractivity (Wildman–Crippen MR) is 96.4 cm³/mol. The van der Waals surface area contributed by atoms with E-state index in [-0.39, 0.29) is 17.5 Å². The summed E-state index contributed by atoms with van der Waals surface area (Å²) in [6.07, 6.45) is 3.84. The van der Waals surface area contributed by atoms with Crippen molar-refractivity contribution in [1.82, 2.24) is 4.98 Å². The molecule has 2 heterocycles. The summed E-state index contributed by atoms with van der Waals surface area (Å²) in [6, 6.07) is 8.29. The van der Waals surface area contributed by atoms with Crippen molar-refractivity contribution in [2.24, 2.45) is 0 Å². The molecule has 6 nitrogen and oxygen atoms in total. The number of carbonyl (C=O) groups is 2. The summed E-state index contributed by atoms with van der Waals surface area (Å²) in [4.78, 5) is 30.3. The first-order valence-corrected chi connectivity index (χ1v) is 8.37. The van der Waals surface area contributed by atoms with Gasteiger partial charge in [-0.3, -0.25) is 14.6 Å². The number of pyridine rings is 1. The van der Waals surface area contributed by atoms with Crippen LogP contribution in [0.3, 0.4) is 0 Å². The summed E-state index contributed by atoms with van der Waals surface area (Å²) in [6.45, 7) is 0.641. The van der Waals surface area contributed by atoms with Gasteiger partial charge in [-0.05, 0) is 43.2 Å². The highest BCUT2D eigenvalue weighted by molar-refractivity contribution is 6.31. The zero-order chi connectivity index (χ0) is 17.8. The van der Waals surface area contributed by atoms with Gasteiger partial charge in [0.05, 0.1) is 12.8 Å². The van der Waals surface area contributed by atoms with Crippen molar-refractivity contribution in [3.8, 4) is 5.75 Å². The maximum absolute atomic E-state index is 12.3. The smallest absolute Gasteiger partial charge is 0.274 e. The number of rotatable bonds is 4. The normalized spacial score (nSPS) is 14.3. The summed E-state index contributed by atoms with van der Waals surface area (Å²) < 4.78 is 5.37. The predicted octanol–water partition coefficient (Wildman–Crippen LogP) is 3.51. The van der Waals surface area contributed by atoms with E-state index >= 15 is 0 Å². The Balaban J connectivity index is 1.86. The number of aromatic nitrogens is 1. The van der Waals surface area contributed by atoms with Gasteiger partial charge < -0.3 is 15.0 Å². The molecule has 25 heavy (non-hydrogen) atoms. The van der Waals surface area contributed by atoms with Crippen LogP contribution in [0.1, 0.15) is 29.8 Å². The molecular weight excluding hydrogens is 342 g/mol. The molecule has 7 heteroatoms. The van der Waals surface area contributed by atoms with Crippen molar-refractivity contribution >= 4 is 34.8 Å². The molecule has 3 rings (SSSR count). The molecule has 0 radical (unpaired) electrons. The summed E-state index contributed by atoms with van der Waals surface area (Å²) in [5.74, 6) is 0.280. The summed E-state index contributed by atoms with van der Waals surface area (Å²) in [7, 11) is 1.56. The molecule has 0 atom stereocenters. The van der Waals surface area contributed by atoms with Crippen LogP contribution < -0.4 is 15.0 Å². The lowest BCUT2D eigenvalue weighted by Crippen LogP contribution is -2.35. The van der Waals surface area contributed by atoms with Gasteiger partial charge in [0.1, 0.15) is 11.4 Å². The Bertz CT molecular complexity index is 810. The molecule has 0 aliphatic carbocycles. The number of nitrogens with zero attached hydrogens (tertiary/aromatic N) is 2. The molecule has 0 spiro atoms. The van der Waals surface area contributed by atoms with Crippen molar-refractivity contribution < 1.29 is 14.3 Å². The average Bonchev–Trinajstić information content (AvgIpc) is 2.62. The second kappa shape index (κ2) is 7.53. The molecule has 1 N–H and O–H groups in total. The summed E-state index contributed by atoms with van der Waals surface area (Å²) in [5.41, 5.74) is 1.43. The number of amides is 2. The molecule has 0 saturated carbocycles. The fourth-order valence-corrected chi connectivity index (χ4v) is 2.92. The lowest BCUT2D eigenvalue weighted by Gasteiger charge is -2.28. The van der Waals surface area contributed by atoms with Crippen LogP contribution >= 0.6 is 11.6 Å². The summed E-state index contributed by atoms with van der Waals surface area (Å²) in [5, 5.41) is 3.22. The van der Waals surface area contributed by atoms with E-state index in [0.717, 1.165) is 12.8 Å². The van der Waals surface area contributed by atoms with E-state index in [4.69, 9.17) is 16.3 Å². The fraction of sp³-hybridized carbons (Fsp3) is 0.278. The number of methoxy groups -OCH3 is 1. The molecule has 0 unspecified atom stereocenters. The first-order chi connectivity index (χ1) is 12.1. The van der Waals surface area contributed by atoms with Crippen LogP contribution in [0.4, 0.5) is 11.4 Å². The van der Waals surface area contributed by atoms with Gasteiger partial charge >= 0.3 is 0 Å². The van der Waals surface area contributed by atoms with Crippen LogP contribution in [0.25, 0.3) is 0 Å². The maximum Gasteiger partial charge on any atom is 0.274 e. The zero-order valence-electron chi connectivity index (χ0n) is 13.8. The van der Waals surface area contributed by atoms with Crippen molar-refractivity contribution in [3.05, 3.63) is 47.2 Å². The van der Waals surface area contributed by atoms with Crippen LogP contribution in [-0.4, -0.2) is 30.5 Å². The Morgan fingerprint density at radius 1 is 1.28 bits per heavy atom. The third-order valence-corrected chi connectivity index (χ3v) is 4.24. The van der Waals surface area contributed by atoms with E-state index in [9.17, 15) is 9.59 Å². The number of piperidine rings is 1. The second-order valence-corrected chi connectivity index (χ2v) is 6.14. The molecular formula is C18H18ClN3O3. The van der Waals surface area contributed by atoms with Gasteiger partial charge in [-0.15, -0.1) is 0 Å². The first kappa shape index (κ1) is 17.2.